The summed E-state index contributed by atoms with van der Waals surface area (Å²) in [5.74, 6) is 0.512. The molecule has 2 aromatic rings. The topological polar surface area (TPSA) is 41.0 Å². The van der Waals surface area contributed by atoms with Gasteiger partial charge in [-0.2, -0.15) is 26.3 Å². The molecule has 2 heterocycles. The highest BCUT2D eigenvalue weighted by molar-refractivity contribution is 9.10. The van der Waals surface area contributed by atoms with Crippen LogP contribution in [0, 0.1) is 0 Å². The second kappa shape index (κ2) is 7.86. The first kappa shape index (κ1) is 20.8. The van der Waals surface area contributed by atoms with Crippen LogP contribution in [0.1, 0.15) is 23.1 Å². The van der Waals surface area contributed by atoms with Crippen LogP contribution in [0.25, 0.3) is 0 Å². The second-order valence-electron chi connectivity index (χ2n) is 6.38. The molecule has 0 unspecified atom stereocenters. The van der Waals surface area contributed by atoms with Gasteiger partial charge in [0.1, 0.15) is 0 Å². The summed E-state index contributed by atoms with van der Waals surface area (Å²) in [5, 5.41) is 2.99. The highest BCUT2D eigenvalue weighted by atomic mass is 79.9. The Hall–Kier alpha value is -1.88. The van der Waals surface area contributed by atoms with E-state index in [4.69, 9.17) is 0 Å². The van der Waals surface area contributed by atoms with Gasteiger partial charge in [0.15, 0.2) is 0 Å². The molecule has 1 saturated heterocycles. The van der Waals surface area contributed by atoms with Crippen molar-refractivity contribution in [1.29, 1.82) is 0 Å². The van der Waals surface area contributed by atoms with Gasteiger partial charge in [0, 0.05) is 38.1 Å². The first-order valence-corrected chi connectivity index (χ1v) is 9.06. The molecule has 1 aromatic heterocycles. The molecule has 0 saturated carbocycles. The maximum Gasteiger partial charge on any atom is 0.416 e. The Kier molecular flexibility index (Phi) is 5.85. The lowest BCUT2D eigenvalue weighted by molar-refractivity contribution is -0.143. The summed E-state index contributed by atoms with van der Waals surface area (Å²) in [6.07, 6.45) is -5.85. The van der Waals surface area contributed by atoms with Gasteiger partial charge < -0.3 is 10.2 Å². The van der Waals surface area contributed by atoms with Gasteiger partial charge in [0.05, 0.1) is 15.6 Å². The molecule has 1 fully saturated rings. The van der Waals surface area contributed by atoms with E-state index < -0.39 is 23.5 Å². The molecule has 1 N–H and O–H groups in total. The van der Waals surface area contributed by atoms with Crippen molar-refractivity contribution < 1.29 is 26.3 Å². The molecule has 4 nitrogen and oxygen atoms in total. The molecule has 11 heteroatoms. The molecule has 0 amide bonds. The highest BCUT2D eigenvalue weighted by Gasteiger charge is 2.38. The van der Waals surface area contributed by atoms with Crippen molar-refractivity contribution in [3.63, 3.8) is 0 Å². The number of nitrogens with one attached hydrogen (secondary N) is 1. The zero-order chi connectivity index (χ0) is 20.5. The molecule has 0 bridgehead atoms. The van der Waals surface area contributed by atoms with Gasteiger partial charge in [-0.05, 0) is 40.0 Å². The molecule has 0 spiro atoms. The summed E-state index contributed by atoms with van der Waals surface area (Å²) in [6.45, 7) is 0.925. The minimum absolute atomic E-state index is 0.129. The van der Waals surface area contributed by atoms with E-state index in [9.17, 15) is 26.3 Å². The van der Waals surface area contributed by atoms with Gasteiger partial charge in [-0.3, -0.25) is 0 Å². The molecule has 0 radical (unpaired) electrons. The van der Waals surface area contributed by atoms with Crippen LogP contribution in [0.2, 0.25) is 0 Å². The fraction of sp³-hybridized carbons (Fsp3) is 0.412. The number of benzene rings is 1. The lowest BCUT2D eigenvalue weighted by atomic mass is 10.0. The molecule has 28 heavy (non-hydrogen) atoms. The van der Waals surface area contributed by atoms with Crippen LogP contribution >= 0.6 is 15.9 Å². The summed E-state index contributed by atoms with van der Waals surface area (Å²) >= 11 is 3.24. The van der Waals surface area contributed by atoms with Crippen molar-refractivity contribution in [3.05, 3.63) is 51.8 Å². The Morgan fingerprint density at radius 2 is 1.75 bits per heavy atom. The number of aromatic nitrogens is 2. The van der Waals surface area contributed by atoms with Gasteiger partial charge in [-0.25, -0.2) is 9.97 Å². The number of hydrogen-bond acceptors (Lipinski definition) is 4. The van der Waals surface area contributed by atoms with Crippen molar-refractivity contribution in [3.8, 4) is 0 Å². The van der Waals surface area contributed by atoms with Gasteiger partial charge in [-0.1, -0.05) is 6.07 Å². The quantitative estimate of drug-likeness (QED) is 0.663. The third-order valence-corrected chi connectivity index (χ3v) is 4.81. The predicted octanol–water partition coefficient (Wildman–Crippen LogP) is 4.65. The molecule has 1 atom stereocenters. The zero-order valence-corrected chi connectivity index (χ0v) is 15.9. The van der Waals surface area contributed by atoms with Crippen molar-refractivity contribution in [2.24, 2.45) is 0 Å². The number of nitrogens with zero attached hydrogens (tertiary/aromatic N) is 3. The molecule has 3 rings (SSSR count). The Morgan fingerprint density at radius 1 is 1.07 bits per heavy atom. The Balaban J connectivity index is 1.68. The summed E-state index contributed by atoms with van der Waals surface area (Å²) in [7, 11) is 0. The minimum Gasteiger partial charge on any atom is -0.339 e. The third-order valence-electron chi connectivity index (χ3n) is 4.40. The summed E-state index contributed by atoms with van der Waals surface area (Å²) in [5.41, 5.74) is -2.82. The summed E-state index contributed by atoms with van der Waals surface area (Å²) in [4.78, 5) is 10.2. The smallest absolute Gasteiger partial charge is 0.339 e. The fourth-order valence-corrected chi connectivity index (χ4v) is 3.21. The first-order valence-electron chi connectivity index (χ1n) is 8.27. The Morgan fingerprint density at radius 3 is 2.36 bits per heavy atom. The Bertz CT molecular complexity index is 822. The first-order chi connectivity index (χ1) is 13.0. The zero-order valence-electron chi connectivity index (χ0n) is 14.3. The van der Waals surface area contributed by atoms with Crippen LogP contribution < -0.4 is 10.2 Å². The average molecular weight is 469 g/mol. The summed E-state index contributed by atoms with van der Waals surface area (Å²) in [6, 6.07) is 1.58. The number of hydrogen-bond donors (Lipinski definition) is 1. The van der Waals surface area contributed by atoms with Gasteiger partial charge >= 0.3 is 12.4 Å². The van der Waals surface area contributed by atoms with Crippen molar-refractivity contribution in [2.75, 3.05) is 18.0 Å². The van der Waals surface area contributed by atoms with E-state index in [1.807, 2.05) is 4.90 Å². The van der Waals surface area contributed by atoms with Gasteiger partial charge in [-0.15, -0.1) is 0 Å². The van der Waals surface area contributed by atoms with Crippen LogP contribution in [0.5, 0.6) is 0 Å². The third kappa shape index (κ3) is 4.93. The normalized spacial score (nSPS) is 18.0. The molecule has 1 aromatic carbocycles. The van der Waals surface area contributed by atoms with E-state index in [2.05, 4.69) is 31.2 Å². The molecule has 152 valence electrons. The second-order valence-corrected chi connectivity index (χ2v) is 7.30. The van der Waals surface area contributed by atoms with E-state index in [0.717, 1.165) is 10.5 Å². The summed E-state index contributed by atoms with van der Waals surface area (Å²) < 4.78 is 78.6. The standard InChI is InChI=1S/C17H15BrF6N4/c18-12-7-26-15(27-8-12)28-4-3-13(9-28)25-6-10-1-2-11(16(19,20)21)5-14(10)17(22,23)24/h1-2,5,7-8,13,25H,3-4,6,9H2/t13-/m0/s1. The predicted molar refractivity (Wildman–Crippen MR) is 93.6 cm³/mol. The van der Waals surface area contributed by atoms with Gasteiger partial charge in [0.25, 0.3) is 0 Å². The molecule has 0 aliphatic carbocycles. The number of anilines is 1. The maximum atomic E-state index is 13.2. The van der Waals surface area contributed by atoms with Crippen molar-refractivity contribution in [1.82, 2.24) is 15.3 Å². The molecule has 1 aliphatic heterocycles. The molecule has 1 aliphatic rings. The van der Waals surface area contributed by atoms with E-state index in [1.54, 1.807) is 12.4 Å². The molecular formula is C17H15BrF6N4. The minimum atomic E-state index is -4.87. The van der Waals surface area contributed by atoms with E-state index >= 15 is 0 Å². The van der Waals surface area contributed by atoms with Crippen LogP contribution in [0.3, 0.4) is 0 Å². The number of rotatable bonds is 4. The lowest BCUT2D eigenvalue weighted by Crippen LogP contribution is -2.33. The van der Waals surface area contributed by atoms with E-state index in [-0.39, 0.29) is 24.2 Å². The molecular weight excluding hydrogens is 454 g/mol. The highest BCUT2D eigenvalue weighted by Crippen LogP contribution is 2.37. The van der Waals surface area contributed by atoms with Crippen LogP contribution in [-0.2, 0) is 18.9 Å². The lowest BCUT2D eigenvalue weighted by Gasteiger charge is -2.19. The van der Waals surface area contributed by atoms with Crippen LogP contribution in [0.4, 0.5) is 32.3 Å². The number of alkyl halides is 6. The Labute approximate surface area is 165 Å². The van der Waals surface area contributed by atoms with E-state index in [0.29, 0.717) is 31.5 Å². The van der Waals surface area contributed by atoms with E-state index in [1.165, 1.54) is 0 Å². The number of halogens is 7. The van der Waals surface area contributed by atoms with Crippen LogP contribution in [-0.4, -0.2) is 29.1 Å². The van der Waals surface area contributed by atoms with Crippen LogP contribution in [0.15, 0.2) is 35.1 Å². The average Bonchev–Trinajstić information content (AvgIpc) is 3.08. The monoisotopic (exact) mass is 468 g/mol. The maximum absolute atomic E-state index is 13.2. The van der Waals surface area contributed by atoms with Gasteiger partial charge in [0.2, 0.25) is 5.95 Å². The fourth-order valence-electron chi connectivity index (χ4n) is 3.00. The SMILES string of the molecule is FC(F)(F)c1ccc(CN[C@H]2CCN(c3ncc(Br)cn3)C2)c(C(F)(F)F)c1. The van der Waals surface area contributed by atoms with Crippen molar-refractivity contribution >= 4 is 21.9 Å². The largest absolute Gasteiger partial charge is 0.416 e. The van der Waals surface area contributed by atoms with Crippen molar-refractivity contribution in [2.45, 2.75) is 31.4 Å².